The molecule has 4 heteroatoms. The highest BCUT2D eigenvalue weighted by molar-refractivity contribution is 7.98. The summed E-state index contributed by atoms with van der Waals surface area (Å²) in [4.78, 5) is 10.4. The van der Waals surface area contributed by atoms with Crippen molar-refractivity contribution in [3.8, 4) is 0 Å². The number of carbonyl (C=O) groups excluding carboxylic acids is 1. The van der Waals surface area contributed by atoms with E-state index in [1.807, 2.05) is 6.26 Å². The molecule has 10 heavy (non-hydrogen) atoms. The fraction of sp³-hybridized carbons (Fsp3) is 0.833. The largest absolute Gasteiger partial charge is 0.368 e. The lowest BCUT2D eigenvalue weighted by atomic mass is 10.2. The lowest BCUT2D eigenvalue weighted by Gasteiger charge is -2.04. The second kappa shape index (κ2) is 5.56. The molecule has 0 saturated carbocycles. The summed E-state index contributed by atoms with van der Waals surface area (Å²) >= 11 is 1.75. The Kier molecular flexibility index (Phi) is 5.43. The number of amides is 1. The molecule has 60 valence electrons. The van der Waals surface area contributed by atoms with Gasteiger partial charge in [0.05, 0.1) is 6.04 Å². The van der Waals surface area contributed by atoms with E-state index < -0.39 is 11.9 Å². The van der Waals surface area contributed by atoms with Gasteiger partial charge in [-0.05, 0) is 24.9 Å². The Morgan fingerprint density at radius 1 is 1.70 bits per heavy atom. The van der Waals surface area contributed by atoms with Gasteiger partial charge in [0.1, 0.15) is 0 Å². The second-order valence-corrected chi connectivity index (χ2v) is 3.13. The van der Waals surface area contributed by atoms with Crippen molar-refractivity contribution in [3.05, 3.63) is 0 Å². The van der Waals surface area contributed by atoms with Crippen LogP contribution in [0.3, 0.4) is 0 Å². The number of nitrogens with two attached hydrogens (primary N) is 2. The van der Waals surface area contributed by atoms with Crippen LogP contribution in [0.5, 0.6) is 0 Å². The molecule has 0 fully saturated rings. The third-order valence-corrected chi connectivity index (χ3v) is 1.93. The van der Waals surface area contributed by atoms with Crippen molar-refractivity contribution in [1.29, 1.82) is 0 Å². The van der Waals surface area contributed by atoms with Gasteiger partial charge < -0.3 is 11.5 Å². The van der Waals surface area contributed by atoms with E-state index in [1.165, 1.54) is 0 Å². The summed E-state index contributed by atoms with van der Waals surface area (Å²) in [5.41, 5.74) is 10.3. The average Bonchev–Trinajstić information content (AvgIpc) is 1.88. The Hall–Kier alpha value is -0.220. The maximum Gasteiger partial charge on any atom is 0.234 e. The molecule has 0 aliphatic rings. The van der Waals surface area contributed by atoms with E-state index in [0.29, 0.717) is 6.42 Å². The highest BCUT2D eigenvalue weighted by Gasteiger charge is 2.06. The monoisotopic (exact) mass is 162 g/mol. The first-order valence-corrected chi connectivity index (χ1v) is 4.61. The van der Waals surface area contributed by atoms with Crippen LogP contribution in [0.4, 0.5) is 0 Å². The quantitative estimate of drug-likeness (QED) is 0.556. The molecule has 0 aromatic carbocycles. The van der Waals surface area contributed by atoms with Crippen molar-refractivity contribution >= 4 is 17.7 Å². The first-order valence-electron chi connectivity index (χ1n) is 3.22. The molecule has 0 aliphatic carbocycles. The van der Waals surface area contributed by atoms with Gasteiger partial charge in [-0.2, -0.15) is 11.8 Å². The van der Waals surface area contributed by atoms with Crippen molar-refractivity contribution in [3.63, 3.8) is 0 Å². The molecule has 0 rings (SSSR count). The van der Waals surface area contributed by atoms with E-state index >= 15 is 0 Å². The highest BCUT2D eigenvalue weighted by Crippen LogP contribution is 2.00. The molecule has 1 unspecified atom stereocenters. The Bertz CT molecular complexity index is 108. The lowest BCUT2D eigenvalue weighted by Crippen LogP contribution is -2.36. The van der Waals surface area contributed by atoms with Crippen LogP contribution < -0.4 is 11.5 Å². The summed E-state index contributed by atoms with van der Waals surface area (Å²) in [5.74, 6) is 0.641. The summed E-state index contributed by atoms with van der Waals surface area (Å²) in [7, 11) is 0. The van der Waals surface area contributed by atoms with E-state index in [4.69, 9.17) is 11.5 Å². The van der Waals surface area contributed by atoms with Crippen LogP contribution >= 0.6 is 11.8 Å². The zero-order chi connectivity index (χ0) is 7.98. The van der Waals surface area contributed by atoms with Crippen LogP contribution in [-0.2, 0) is 4.79 Å². The first-order chi connectivity index (χ1) is 4.68. The number of primary amides is 1. The lowest BCUT2D eigenvalue weighted by molar-refractivity contribution is -0.119. The molecule has 0 aliphatic heterocycles. The van der Waals surface area contributed by atoms with Crippen molar-refractivity contribution in [1.82, 2.24) is 0 Å². The summed E-state index contributed by atoms with van der Waals surface area (Å²) in [5, 5.41) is 0. The fourth-order valence-electron chi connectivity index (χ4n) is 0.590. The molecule has 0 aromatic rings. The van der Waals surface area contributed by atoms with E-state index in [-0.39, 0.29) is 0 Å². The van der Waals surface area contributed by atoms with Crippen LogP contribution in [0.25, 0.3) is 0 Å². The first kappa shape index (κ1) is 9.78. The molecule has 3 nitrogen and oxygen atoms in total. The van der Waals surface area contributed by atoms with Gasteiger partial charge in [-0.25, -0.2) is 0 Å². The second-order valence-electron chi connectivity index (χ2n) is 2.14. The molecule has 4 N–H and O–H groups in total. The van der Waals surface area contributed by atoms with Crippen LogP contribution in [0, 0.1) is 0 Å². The summed E-state index contributed by atoms with van der Waals surface area (Å²) in [6, 6.07) is -0.452. The van der Waals surface area contributed by atoms with Gasteiger partial charge in [-0.3, -0.25) is 4.79 Å². The van der Waals surface area contributed by atoms with E-state index in [1.54, 1.807) is 11.8 Å². The Balaban J connectivity index is 3.21. The zero-order valence-corrected chi connectivity index (χ0v) is 6.99. The number of carbonyl (C=O) groups is 1. The third kappa shape index (κ3) is 4.64. The van der Waals surface area contributed by atoms with E-state index in [0.717, 1.165) is 12.2 Å². The summed E-state index contributed by atoms with van der Waals surface area (Å²) in [6.07, 6.45) is 3.69. The van der Waals surface area contributed by atoms with Crippen molar-refractivity contribution in [2.45, 2.75) is 18.9 Å². The minimum Gasteiger partial charge on any atom is -0.368 e. The molecular weight excluding hydrogens is 148 g/mol. The molecule has 1 amide bonds. The van der Waals surface area contributed by atoms with Gasteiger partial charge in [0.2, 0.25) is 5.91 Å². The molecule has 1 atom stereocenters. The van der Waals surface area contributed by atoms with Gasteiger partial charge in [0.25, 0.3) is 0 Å². The normalized spacial score (nSPS) is 13.0. The van der Waals surface area contributed by atoms with Gasteiger partial charge in [0.15, 0.2) is 0 Å². The third-order valence-electron chi connectivity index (χ3n) is 1.23. The minimum absolute atomic E-state index is 0.402. The average molecular weight is 162 g/mol. The van der Waals surface area contributed by atoms with Gasteiger partial charge in [-0.15, -0.1) is 0 Å². The molecular formula is C6H14N2OS. The van der Waals surface area contributed by atoms with E-state index in [2.05, 4.69) is 0 Å². The zero-order valence-electron chi connectivity index (χ0n) is 6.17. The molecule has 0 saturated heterocycles. The number of rotatable bonds is 5. The number of thioether (sulfide) groups is 1. The molecule has 0 heterocycles. The molecule has 0 radical (unpaired) electrons. The Labute approximate surface area is 65.5 Å². The highest BCUT2D eigenvalue weighted by atomic mass is 32.2. The predicted molar refractivity (Wildman–Crippen MR) is 44.8 cm³/mol. The van der Waals surface area contributed by atoms with Crippen molar-refractivity contribution < 1.29 is 4.79 Å². The molecule has 0 aromatic heterocycles. The van der Waals surface area contributed by atoms with Gasteiger partial charge in [0, 0.05) is 0 Å². The van der Waals surface area contributed by atoms with Crippen molar-refractivity contribution in [2.24, 2.45) is 11.5 Å². The minimum atomic E-state index is -0.452. The molecule has 0 bridgehead atoms. The van der Waals surface area contributed by atoms with Crippen LogP contribution in [0.1, 0.15) is 12.8 Å². The molecule has 0 spiro atoms. The Morgan fingerprint density at radius 3 is 2.70 bits per heavy atom. The maximum absolute atomic E-state index is 10.4. The van der Waals surface area contributed by atoms with Gasteiger partial charge >= 0.3 is 0 Å². The maximum atomic E-state index is 10.4. The SMILES string of the molecule is CSCCCC(N)C(N)=O. The van der Waals surface area contributed by atoms with Crippen LogP contribution in [0.2, 0.25) is 0 Å². The van der Waals surface area contributed by atoms with E-state index in [9.17, 15) is 4.79 Å². The summed E-state index contributed by atoms with van der Waals surface area (Å²) in [6.45, 7) is 0. The smallest absolute Gasteiger partial charge is 0.234 e. The fourth-order valence-corrected chi connectivity index (χ4v) is 1.05. The standard InChI is InChI=1S/C6H14N2OS/c1-10-4-2-3-5(7)6(8)9/h5H,2-4,7H2,1H3,(H2,8,9). The van der Waals surface area contributed by atoms with Gasteiger partial charge in [-0.1, -0.05) is 0 Å². The van der Waals surface area contributed by atoms with Crippen molar-refractivity contribution in [2.75, 3.05) is 12.0 Å². The van der Waals surface area contributed by atoms with Crippen LogP contribution in [0.15, 0.2) is 0 Å². The topological polar surface area (TPSA) is 69.1 Å². The summed E-state index contributed by atoms with van der Waals surface area (Å²) < 4.78 is 0. The van der Waals surface area contributed by atoms with Crippen LogP contribution in [-0.4, -0.2) is 24.0 Å². The number of hydrogen-bond donors (Lipinski definition) is 2. The number of hydrogen-bond acceptors (Lipinski definition) is 3. The predicted octanol–water partition coefficient (Wildman–Crippen LogP) is -0.0578. The Morgan fingerprint density at radius 2 is 2.30 bits per heavy atom.